The molecule has 0 heteroatoms. The van der Waals surface area contributed by atoms with Gasteiger partial charge in [0.15, 0.2) is 0 Å². The van der Waals surface area contributed by atoms with Crippen LogP contribution in [0.25, 0.3) is 0 Å². The van der Waals surface area contributed by atoms with Crippen molar-refractivity contribution in [2.24, 2.45) is 11.3 Å². The lowest BCUT2D eigenvalue weighted by atomic mass is 9.81. The average molecular weight is 244 g/mol. The van der Waals surface area contributed by atoms with Crippen LogP contribution in [0.2, 0.25) is 0 Å². The lowest BCUT2D eigenvalue weighted by Gasteiger charge is -2.24. The molecule has 1 aromatic rings. The standard InChI is InChI=1S/C18H28/c1-13(2)10-14-11-15(12-18(3,4)5)17-9-7-6-8-16(14)17/h6-9,13-15H,10-12H2,1-5H3. The van der Waals surface area contributed by atoms with Gasteiger partial charge in [0.1, 0.15) is 0 Å². The number of hydrogen-bond acceptors (Lipinski definition) is 0. The second-order valence-corrected chi connectivity index (χ2v) is 7.65. The molecule has 0 aromatic heterocycles. The highest BCUT2D eigenvalue weighted by atomic mass is 14.4. The fraction of sp³-hybridized carbons (Fsp3) is 0.667. The molecule has 0 nitrogen and oxygen atoms in total. The predicted molar refractivity (Wildman–Crippen MR) is 80.1 cm³/mol. The van der Waals surface area contributed by atoms with E-state index in [0.29, 0.717) is 5.41 Å². The van der Waals surface area contributed by atoms with Gasteiger partial charge in [0.2, 0.25) is 0 Å². The molecule has 2 rings (SSSR count). The van der Waals surface area contributed by atoms with E-state index in [1.807, 2.05) is 0 Å². The van der Waals surface area contributed by atoms with E-state index in [2.05, 4.69) is 58.9 Å². The fourth-order valence-corrected chi connectivity index (χ4v) is 3.58. The monoisotopic (exact) mass is 244 g/mol. The van der Waals surface area contributed by atoms with Crippen LogP contribution in [-0.2, 0) is 0 Å². The molecule has 0 saturated heterocycles. The minimum absolute atomic E-state index is 0.435. The van der Waals surface area contributed by atoms with Crippen LogP contribution in [0.3, 0.4) is 0 Å². The molecular formula is C18H28. The molecule has 0 saturated carbocycles. The van der Waals surface area contributed by atoms with Crippen molar-refractivity contribution in [3.63, 3.8) is 0 Å². The summed E-state index contributed by atoms with van der Waals surface area (Å²) in [5.41, 5.74) is 3.71. The van der Waals surface area contributed by atoms with Gasteiger partial charge in [0.25, 0.3) is 0 Å². The summed E-state index contributed by atoms with van der Waals surface area (Å²) in [7, 11) is 0. The molecule has 2 atom stereocenters. The quantitative estimate of drug-likeness (QED) is 0.636. The molecule has 0 fully saturated rings. The Balaban J connectivity index is 2.22. The first kappa shape index (κ1) is 13.6. The van der Waals surface area contributed by atoms with Gasteiger partial charge in [-0.05, 0) is 53.6 Å². The average Bonchev–Trinajstić information content (AvgIpc) is 2.54. The SMILES string of the molecule is CC(C)CC1CC(CC(C)(C)C)c2ccccc21. The van der Waals surface area contributed by atoms with Gasteiger partial charge in [-0.2, -0.15) is 0 Å². The predicted octanol–water partition coefficient (Wildman–Crippen LogP) is 5.74. The second-order valence-electron chi connectivity index (χ2n) is 7.65. The topological polar surface area (TPSA) is 0 Å². The van der Waals surface area contributed by atoms with Gasteiger partial charge in [-0.25, -0.2) is 0 Å². The van der Waals surface area contributed by atoms with E-state index in [4.69, 9.17) is 0 Å². The van der Waals surface area contributed by atoms with E-state index in [1.165, 1.54) is 19.3 Å². The van der Waals surface area contributed by atoms with Crippen molar-refractivity contribution in [2.75, 3.05) is 0 Å². The van der Waals surface area contributed by atoms with E-state index in [0.717, 1.165) is 17.8 Å². The summed E-state index contributed by atoms with van der Waals surface area (Å²) in [5, 5.41) is 0. The van der Waals surface area contributed by atoms with Crippen molar-refractivity contribution in [2.45, 2.75) is 65.7 Å². The van der Waals surface area contributed by atoms with E-state index >= 15 is 0 Å². The maximum Gasteiger partial charge on any atom is -0.0148 e. The van der Waals surface area contributed by atoms with Gasteiger partial charge < -0.3 is 0 Å². The summed E-state index contributed by atoms with van der Waals surface area (Å²) in [4.78, 5) is 0. The smallest absolute Gasteiger partial charge is 0.0148 e. The number of benzene rings is 1. The molecule has 100 valence electrons. The van der Waals surface area contributed by atoms with Gasteiger partial charge >= 0.3 is 0 Å². The normalized spacial score (nSPS) is 23.4. The van der Waals surface area contributed by atoms with Crippen LogP contribution in [-0.4, -0.2) is 0 Å². The first-order chi connectivity index (χ1) is 8.37. The third-order valence-electron chi connectivity index (χ3n) is 4.06. The zero-order valence-corrected chi connectivity index (χ0v) is 12.7. The van der Waals surface area contributed by atoms with E-state index in [9.17, 15) is 0 Å². The minimum atomic E-state index is 0.435. The van der Waals surface area contributed by atoms with Crippen LogP contribution in [0.1, 0.15) is 76.8 Å². The molecule has 0 spiro atoms. The van der Waals surface area contributed by atoms with Gasteiger partial charge in [0, 0.05) is 0 Å². The van der Waals surface area contributed by atoms with Gasteiger partial charge in [0.05, 0.1) is 0 Å². The Kier molecular flexibility index (Phi) is 3.84. The molecular weight excluding hydrogens is 216 g/mol. The molecule has 1 aliphatic rings. The zero-order valence-electron chi connectivity index (χ0n) is 12.7. The summed E-state index contributed by atoms with van der Waals surface area (Å²) in [6, 6.07) is 9.16. The largest absolute Gasteiger partial charge is 0.0628 e. The highest BCUT2D eigenvalue weighted by Crippen LogP contribution is 2.48. The van der Waals surface area contributed by atoms with Crippen molar-refractivity contribution in [3.8, 4) is 0 Å². The third-order valence-corrected chi connectivity index (χ3v) is 4.06. The molecule has 1 aromatic carbocycles. The maximum absolute atomic E-state index is 2.37. The number of fused-ring (bicyclic) bond motifs is 1. The van der Waals surface area contributed by atoms with Crippen LogP contribution >= 0.6 is 0 Å². The van der Waals surface area contributed by atoms with Crippen molar-refractivity contribution in [1.29, 1.82) is 0 Å². The highest BCUT2D eigenvalue weighted by molar-refractivity contribution is 5.38. The first-order valence-electron chi connectivity index (χ1n) is 7.45. The van der Waals surface area contributed by atoms with Gasteiger partial charge in [-0.1, -0.05) is 58.9 Å². The van der Waals surface area contributed by atoms with E-state index < -0.39 is 0 Å². The van der Waals surface area contributed by atoms with Crippen molar-refractivity contribution in [3.05, 3.63) is 35.4 Å². The minimum Gasteiger partial charge on any atom is -0.0628 e. The van der Waals surface area contributed by atoms with Gasteiger partial charge in [-0.3, -0.25) is 0 Å². The Morgan fingerprint density at radius 1 is 1.06 bits per heavy atom. The number of hydrogen-bond donors (Lipinski definition) is 0. The molecule has 0 aliphatic heterocycles. The number of rotatable bonds is 3. The van der Waals surface area contributed by atoms with Crippen molar-refractivity contribution < 1.29 is 0 Å². The Labute approximate surface area is 113 Å². The van der Waals surface area contributed by atoms with Crippen LogP contribution in [0.5, 0.6) is 0 Å². The van der Waals surface area contributed by atoms with Crippen LogP contribution in [0, 0.1) is 11.3 Å². The molecule has 0 bridgehead atoms. The second kappa shape index (κ2) is 5.07. The summed E-state index contributed by atoms with van der Waals surface area (Å²) >= 11 is 0. The molecule has 0 radical (unpaired) electrons. The summed E-state index contributed by atoms with van der Waals surface area (Å²) in [6.07, 6.45) is 4.03. The molecule has 1 aliphatic carbocycles. The fourth-order valence-electron chi connectivity index (χ4n) is 3.58. The Morgan fingerprint density at radius 2 is 1.61 bits per heavy atom. The third kappa shape index (κ3) is 3.16. The van der Waals surface area contributed by atoms with Crippen LogP contribution in [0.4, 0.5) is 0 Å². The molecule has 0 amide bonds. The Morgan fingerprint density at radius 3 is 2.11 bits per heavy atom. The van der Waals surface area contributed by atoms with Crippen LogP contribution in [0.15, 0.2) is 24.3 Å². The Bertz CT molecular complexity index is 395. The van der Waals surface area contributed by atoms with Crippen molar-refractivity contribution >= 4 is 0 Å². The maximum atomic E-state index is 2.37. The first-order valence-corrected chi connectivity index (χ1v) is 7.45. The molecule has 0 N–H and O–H groups in total. The lowest BCUT2D eigenvalue weighted by Crippen LogP contribution is -2.10. The zero-order chi connectivity index (χ0) is 13.3. The Hall–Kier alpha value is -0.780. The lowest BCUT2D eigenvalue weighted by molar-refractivity contribution is 0.327. The highest BCUT2D eigenvalue weighted by Gasteiger charge is 2.32. The molecule has 0 heterocycles. The van der Waals surface area contributed by atoms with Crippen LogP contribution < -0.4 is 0 Å². The molecule has 2 unspecified atom stereocenters. The summed E-state index contributed by atoms with van der Waals surface area (Å²) < 4.78 is 0. The van der Waals surface area contributed by atoms with Crippen molar-refractivity contribution in [1.82, 2.24) is 0 Å². The summed E-state index contributed by atoms with van der Waals surface area (Å²) in [5.74, 6) is 2.38. The summed E-state index contributed by atoms with van der Waals surface area (Å²) in [6.45, 7) is 11.8. The van der Waals surface area contributed by atoms with Gasteiger partial charge in [-0.15, -0.1) is 0 Å². The van der Waals surface area contributed by atoms with E-state index in [1.54, 1.807) is 11.1 Å². The van der Waals surface area contributed by atoms with E-state index in [-0.39, 0.29) is 0 Å². The molecule has 18 heavy (non-hydrogen) atoms.